The topological polar surface area (TPSA) is 12.5 Å². The fourth-order valence-corrected chi connectivity index (χ4v) is 2.41. The Bertz CT molecular complexity index is 360. The molecule has 0 amide bonds. The second-order valence-corrected chi connectivity index (χ2v) is 4.12. The molecule has 1 saturated heterocycles. The SMILES string of the molecule is C1=CCN2[C@H](C1)OC[C@@H]2c1ccccc1. The molecule has 0 saturated carbocycles. The molecular formula is C13H15NO. The molecule has 0 spiro atoms. The minimum atomic E-state index is 0.306. The molecule has 0 N–H and O–H groups in total. The van der Waals surface area contributed by atoms with E-state index in [9.17, 15) is 0 Å². The summed E-state index contributed by atoms with van der Waals surface area (Å²) in [5.41, 5.74) is 1.37. The minimum Gasteiger partial charge on any atom is -0.361 e. The number of benzene rings is 1. The lowest BCUT2D eigenvalue weighted by atomic mass is 10.1. The maximum Gasteiger partial charge on any atom is 0.115 e. The molecule has 1 aromatic carbocycles. The maximum atomic E-state index is 5.80. The first kappa shape index (κ1) is 9.13. The molecule has 2 aliphatic heterocycles. The van der Waals surface area contributed by atoms with E-state index in [0.717, 1.165) is 19.6 Å². The zero-order valence-corrected chi connectivity index (χ0v) is 8.67. The van der Waals surface area contributed by atoms with Crippen molar-refractivity contribution in [3.05, 3.63) is 48.0 Å². The van der Waals surface area contributed by atoms with Crippen molar-refractivity contribution in [1.82, 2.24) is 4.90 Å². The standard InChI is InChI=1S/C13H15NO/c1-2-6-11(7-3-1)12-10-15-13-8-4-5-9-14(12)13/h1-7,12-13H,8-10H2/t12-,13+/m1/s1. The fraction of sp³-hybridized carbons (Fsp3) is 0.385. The highest BCUT2D eigenvalue weighted by molar-refractivity contribution is 5.21. The number of hydrogen-bond donors (Lipinski definition) is 0. The van der Waals surface area contributed by atoms with E-state index in [0.29, 0.717) is 12.3 Å². The van der Waals surface area contributed by atoms with Gasteiger partial charge in [-0.2, -0.15) is 0 Å². The quantitative estimate of drug-likeness (QED) is 0.647. The predicted molar refractivity (Wildman–Crippen MR) is 59.4 cm³/mol. The van der Waals surface area contributed by atoms with Gasteiger partial charge in [0.15, 0.2) is 0 Å². The summed E-state index contributed by atoms with van der Waals surface area (Å²) >= 11 is 0. The van der Waals surface area contributed by atoms with Crippen molar-refractivity contribution in [3.8, 4) is 0 Å². The lowest BCUT2D eigenvalue weighted by Gasteiger charge is -2.28. The van der Waals surface area contributed by atoms with Crippen molar-refractivity contribution in [1.29, 1.82) is 0 Å². The number of fused-ring (bicyclic) bond motifs is 1. The van der Waals surface area contributed by atoms with Gasteiger partial charge < -0.3 is 4.74 Å². The monoisotopic (exact) mass is 201 g/mol. The number of hydrogen-bond acceptors (Lipinski definition) is 2. The molecule has 3 rings (SSSR count). The molecule has 0 unspecified atom stereocenters. The van der Waals surface area contributed by atoms with Gasteiger partial charge in [0.2, 0.25) is 0 Å². The highest BCUT2D eigenvalue weighted by atomic mass is 16.5. The Balaban J connectivity index is 1.86. The molecule has 1 aromatic rings. The van der Waals surface area contributed by atoms with Crippen LogP contribution in [-0.2, 0) is 4.74 Å². The molecule has 2 atom stereocenters. The lowest BCUT2D eigenvalue weighted by molar-refractivity contribution is 0.0346. The molecule has 0 bridgehead atoms. The summed E-state index contributed by atoms with van der Waals surface area (Å²) in [7, 11) is 0. The molecule has 15 heavy (non-hydrogen) atoms. The third-order valence-corrected chi connectivity index (χ3v) is 3.22. The first-order valence-corrected chi connectivity index (χ1v) is 5.52. The highest BCUT2D eigenvalue weighted by Gasteiger charge is 2.34. The molecule has 78 valence electrons. The average Bonchev–Trinajstić information content (AvgIpc) is 2.74. The third-order valence-electron chi connectivity index (χ3n) is 3.22. The van der Waals surface area contributed by atoms with Crippen LogP contribution in [0.4, 0.5) is 0 Å². The average molecular weight is 201 g/mol. The Labute approximate surface area is 90.2 Å². The van der Waals surface area contributed by atoms with Crippen LogP contribution in [0.2, 0.25) is 0 Å². The number of rotatable bonds is 1. The zero-order chi connectivity index (χ0) is 10.1. The van der Waals surface area contributed by atoms with Crippen LogP contribution in [0.25, 0.3) is 0 Å². The summed E-state index contributed by atoms with van der Waals surface area (Å²) < 4.78 is 5.80. The minimum absolute atomic E-state index is 0.306. The Morgan fingerprint density at radius 2 is 2.00 bits per heavy atom. The van der Waals surface area contributed by atoms with Crippen molar-refractivity contribution in [2.45, 2.75) is 18.7 Å². The van der Waals surface area contributed by atoms with Crippen molar-refractivity contribution >= 4 is 0 Å². The smallest absolute Gasteiger partial charge is 0.115 e. The van der Waals surface area contributed by atoms with Crippen LogP contribution in [0.1, 0.15) is 18.0 Å². The van der Waals surface area contributed by atoms with Crippen LogP contribution in [-0.4, -0.2) is 24.3 Å². The van der Waals surface area contributed by atoms with Crippen LogP contribution in [0.15, 0.2) is 42.5 Å². The van der Waals surface area contributed by atoms with Gasteiger partial charge in [0.05, 0.1) is 12.6 Å². The number of ether oxygens (including phenoxy) is 1. The van der Waals surface area contributed by atoms with Crippen LogP contribution in [0, 0.1) is 0 Å². The van der Waals surface area contributed by atoms with Crippen LogP contribution in [0.3, 0.4) is 0 Å². The Hall–Kier alpha value is -1.12. The molecule has 0 radical (unpaired) electrons. The molecule has 2 nitrogen and oxygen atoms in total. The van der Waals surface area contributed by atoms with E-state index in [1.54, 1.807) is 0 Å². The van der Waals surface area contributed by atoms with E-state index < -0.39 is 0 Å². The second kappa shape index (κ2) is 3.80. The summed E-state index contributed by atoms with van der Waals surface area (Å²) in [6, 6.07) is 11.1. The van der Waals surface area contributed by atoms with Crippen LogP contribution < -0.4 is 0 Å². The van der Waals surface area contributed by atoms with Crippen molar-refractivity contribution in [2.24, 2.45) is 0 Å². The lowest BCUT2D eigenvalue weighted by Crippen LogP contribution is -2.34. The maximum absolute atomic E-state index is 5.80. The van der Waals surface area contributed by atoms with Gasteiger partial charge in [0.1, 0.15) is 6.23 Å². The van der Waals surface area contributed by atoms with Crippen molar-refractivity contribution in [2.75, 3.05) is 13.2 Å². The van der Waals surface area contributed by atoms with E-state index in [1.807, 2.05) is 0 Å². The summed E-state index contributed by atoms with van der Waals surface area (Å²) in [5.74, 6) is 0. The molecule has 2 heteroatoms. The van der Waals surface area contributed by atoms with E-state index in [4.69, 9.17) is 4.74 Å². The molecule has 2 aliphatic rings. The zero-order valence-electron chi connectivity index (χ0n) is 8.67. The summed E-state index contributed by atoms with van der Waals surface area (Å²) in [6.07, 6.45) is 5.79. The Kier molecular flexibility index (Phi) is 2.31. The number of nitrogens with zero attached hydrogens (tertiary/aromatic N) is 1. The van der Waals surface area contributed by atoms with Crippen LogP contribution in [0.5, 0.6) is 0 Å². The molecule has 0 aliphatic carbocycles. The van der Waals surface area contributed by atoms with Gasteiger partial charge in [0.25, 0.3) is 0 Å². The van der Waals surface area contributed by atoms with Gasteiger partial charge in [-0.3, -0.25) is 4.90 Å². The summed E-state index contributed by atoms with van der Waals surface area (Å²) in [4.78, 5) is 2.44. The van der Waals surface area contributed by atoms with Gasteiger partial charge in [-0.25, -0.2) is 0 Å². The van der Waals surface area contributed by atoms with E-state index in [-0.39, 0.29) is 0 Å². The second-order valence-electron chi connectivity index (χ2n) is 4.12. The molecule has 1 fully saturated rings. The van der Waals surface area contributed by atoms with E-state index >= 15 is 0 Å². The Morgan fingerprint density at radius 3 is 2.87 bits per heavy atom. The molecule has 0 aromatic heterocycles. The predicted octanol–water partition coefficient (Wildman–Crippen LogP) is 2.35. The molecule has 2 heterocycles. The van der Waals surface area contributed by atoms with Gasteiger partial charge in [-0.1, -0.05) is 42.5 Å². The Morgan fingerprint density at radius 1 is 1.13 bits per heavy atom. The molecular weight excluding hydrogens is 186 g/mol. The van der Waals surface area contributed by atoms with Crippen molar-refractivity contribution < 1.29 is 4.74 Å². The largest absolute Gasteiger partial charge is 0.361 e. The third kappa shape index (κ3) is 1.60. The highest BCUT2D eigenvalue weighted by Crippen LogP contribution is 2.32. The first-order valence-electron chi connectivity index (χ1n) is 5.52. The van der Waals surface area contributed by atoms with Gasteiger partial charge in [-0.05, 0) is 5.56 Å². The van der Waals surface area contributed by atoms with Crippen molar-refractivity contribution in [3.63, 3.8) is 0 Å². The fourth-order valence-electron chi connectivity index (χ4n) is 2.41. The first-order chi connectivity index (χ1) is 7.45. The van der Waals surface area contributed by atoms with E-state index in [1.165, 1.54) is 5.56 Å². The van der Waals surface area contributed by atoms with Gasteiger partial charge in [-0.15, -0.1) is 0 Å². The summed E-state index contributed by atoms with van der Waals surface area (Å²) in [5, 5.41) is 0. The normalized spacial score (nSPS) is 30.4. The van der Waals surface area contributed by atoms with E-state index in [2.05, 4.69) is 47.4 Å². The van der Waals surface area contributed by atoms with Crippen LogP contribution >= 0.6 is 0 Å². The van der Waals surface area contributed by atoms with Gasteiger partial charge in [0, 0.05) is 13.0 Å². The summed E-state index contributed by atoms with van der Waals surface area (Å²) in [6.45, 7) is 1.85. The van der Waals surface area contributed by atoms with Gasteiger partial charge >= 0.3 is 0 Å².